The van der Waals surface area contributed by atoms with Gasteiger partial charge in [0.1, 0.15) is 11.5 Å². The van der Waals surface area contributed by atoms with E-state index in [1.54, 1.807) is 16.0 Å². The third-order valence-corrected chi connectivity index (χ3v) is 7.79. The van der Waals surface area contributed by atoms with Gasteiger partial charge in [0.25, 0.3) is 0 Å². The van der Waals surface area contributed by atoms with Gasteiger partial charge in [0.05, 0.1) is 30.0 Å². The number of amides is 3. The molecule has 2 aromatic rings. The molecule has 1 saturated carbocycles. The van der Waals surface area contributed by atoms with Gasteiger partial charge < -0.3 is 15.0 Å². The number of rotatable bonds is 5. The molecule has 3 fully saturated rings. The van der Waals surface area contributed by atoms with Gasteiger partial charge in [-0.3, -0.25) is 19.5 Å². The highest BCUT2D eigenvalue weighted by molar-refractivity contribution is 5.94. The number of hydrogen-bond acceptors (Lipinski definition) is 6. The topological polar surface area (TPSA) is 116 Å². The Kier molecular flexibility index (Phi) is 4.43. The lowest BCUT2D eigenvalue weighted by Gasteiger charge is -2.18. The van der Waals surface area contributed by atoms with Gasteiger partial charge in [-0.2, -0.15) is 5.26 Å². The van der Waals surface area contributed by atoms with E-state index in [2.05, 4.69) is 22.4 Å². The van der Waals surface area contributed by atoms with Crippen LogP contribution in [0.15, 0.2) is 36.5 Å². The highest BCUT2D eigenvalue weighted by Gasteiger charge is 2.70. The Morgan fingerprint density at radius 2 is 2.06 bits per heavy atom. The highest BCUT2D eigenvalue weighted by Crippen LogP contribution is 2.62. The van der Waals surface area contributed by atoms with E-state index < -0.39 is 5.41 Å². The Bertz CT molecular complexity index is 1240. The summed E-state index contributed by atoms with van der Waals surface area (Å²) >= 11 is 0. The first kappa shape index (κ1) is 20.7. The van der Waals surface area contributed by atoms with Gasteiger partial charge in [-0.1, -0.05) is 12.1 Å². The van der Waals surface area contributed by atoms with E-state index in [1.807, 2.05) is 24.3 Å². The standard InChI is InChI=1S/C25H23N5O4/c1-14(32)27-9-22-21-7-17-6-15(2-4-20(17)30(21)24(33)34-22)16-3-5-23(28-8-16)25(12-26)18-10-29(13-31)11-19(18)25/h2-6,8,13,18-19,21-22H,7,9-11H2,1H3,(H,27,32)/t18-,19+,21-,22-,25?/m0/s1. The molecule has 9 nitrogen and oxygen atoms in total. The summed E-state index contributed by atoms with van der Waals surface area (Å²) in [7, 11) is 0. The molecule has 0 bridgehead atoms. The number of nitriles is 1. The van der Waals surface area contributed by atoms with Crippen LogP contribution in [0.25, 0.3) is 11.1 Å². The van der Waals surface area contributed by atoms with Crippen molar-refractivity contribution in [3.8, 4) is 17.2 Å². The zero-order valence-electron chi connectivity index (χ0n) is 18.6. The smallest absolute Gasteiger partial charge is 0.415 e. The summed E-state index contributed by atoms with van der Waals surface area (Å²) in [6.07, 6.45) is 2.53. The number of fused-ring (bicyclic) bond motifs is 4. The van der Waals surface area contributed by atoms with Gasteiger partial charge in [0.2, 0.25) is 12.3 Å². The van der Waals surface area contributed by atoms with Crippen molar-refractivity contribution in [3.05, 3.63) is 47.8 Å². The van der Waals surface area contributed by atoms with Gasteiger partial charge in [0.15, 0.2) is 0 Å². The SMILES string of the molecule is CC(=O)NC[C@@H]1OC(=O)N2c3ccc(-c4ccc(C5(C#N)[C@@H]6CN(C=O)C[C@@H]65)nc4)cc3C[C@@H]12. The van der Waals surface area contributed by atoms with Crippen molar-refractivity contribution in [2.75, 3.05) is 24.5 Å². The number of cyclic esters (lactones) is 1. The number of aromatic nitrogens is 1. The fourth-order valence-corrected chi connectivity index (χ4v) is 6.04. The minimum atomic E-state index is -0.593. The number of nitrogens with one attached hydrogen (secondary N) is 1. The van der Waals surface area contributed by atoms with Crippen LogP contribution >= 0.6 is 0 Å². The molecule has 6 rings (SSSR count). The van der Waals surface area contributed by atoms with Crippen molar-refractivity contribution in [2.24, 2.45) is 11.8 Å². The normalized spacial score (nSPS) is 30.2. The molecule has 0 spiro atoms. The Morgan fingerprint density at radius 1 is 1.29 bits per heavy atom. The number of pyridine rings is 1. The maximum atomic E-state index is 12.4. The number of nitrogens with zero attached hydrogens (tertiary/aromatic N) is 4. The average Bonchev–Trinajstić information content (AvgIpc) is 3.20. The van der Waals surface area contributed by atoms with Crippen LogP contribution in [0.4, 0.5) is 10.5 Å². The minimum Gasteiger partial charge on any atom is -0.442 e. The molecule has 1 aromatic heterocycles. The van der Waals surface area contributed by atoms with Crippen LogP contribution in [0.2, 0.25) is 0 Å². The van der Waals surface area contributed by atoms with Crippen molar-refractivity contribution in [3.63, 3.8) is 0 Å². The fourth-order valence-electron chi connectivity index (χ4n) is 6.04. The summed E-state index contributed by atoms with van der Waals surface area (Å²) in [4.78, 5) is 42.8. The third-order valence-electron chi connectivity index (χ3n) is 7.79. The summed E-state index contributed by atoms with van der Waals surface area (Å²) in [5.74, 6) is 0.150. The Hall–Kier alpha value is -3.93. The predicted octanol–water partition coefficient (Wildman–Crippen LogP) is 1.61. The van der Waals surface area contributed by atoms with Gasteiger partial charge in [-0.15, -0.1) is 0 Å². The first-order valence-electron chi connectivity index (χ1n) is 11.4. The molecule has 34 heavy (non-hydrogen) atoms. The number of ether oxygens (including phenoxy) is 1. The minimum absolute atomic E-state index is 0.138. The molecular formula is C25H23N5O4. The molecule has 2 saturated heterocycles. The monoisotopic (exact) mass is 457 g/mol. The Morgan fingerprint density at radius 3 is 2.71 bits per heavy atom. The zero-order valence-corrected chi connectivity index (χ0v) is 18.6. The first-order chi connectivity index (χ1) is 16.5. The highest BCUT2D eigenvalue weighted by atomic mass is 16.6. The number of carbonyl (C=O) groups excluding carboxylic acids is 3. The summed E-state index contributed by atoms with van der Waals surface area (Å²) < 4.78 is 5.47. The zero-order chi connectivity index (χ0) is 23.6. The maximum absolute atomic E-state index is 12.4. The van der Waals surface area contributed by atoms with E-state index in [1.165, 1.54) is 6.92 Å². The van der Waals surface area contributed by atoms with Crippen molar-refractivity contribution < 1.29 is 19.1 Å². The van der Waals surface area contributed by atoms with E-state index in [-0.39, 0.29) is 36.0 Å². The number of carbonyl (C=O) groups is 3. The molecule has 1 unspecified atom stereocenters. The van der Waals surface area contributed by atoms with Gasteiger partial charge >= 0.3 is 6.09 Å². The Labute approximate surface area is 196 Å². The van der Waals surface area contributed by atoms with E-state index in [4.69, 9.17) is 4.74 Å². The number of benzene rings is 1. The molecule has 0 radical (unpaired) electrons. The summed E-state index contributed by atoms with van der Waals surface area (Å²) in [5.41, 5.74) is 3.98. The van der Waals surface area contributed by atoms with Crippen LogP contribution in [-0.4, -0.2) is 60.1 Å². The van der Waals surface area contributed by atoms with Crippen molar-refractivity contribution >= 4 is 24.1 Å². The average molecular weight is 457 g/mol. The van der Waals surface area contributed by atoms with Gasteiger partial charge in [-0.25, -0.2) is 4.79 Å². The van der Waals surface area contributed by atoms with E-state index >= 15 is 0 Å². The molecule has 3 amide bonds. The second-order valence-electron chi connectivity index (χ2n) is 9.53. The number of anilines is 1. The molecule has 1 aromatic carbocycles. The molecule has 4 heterocycles. The quantitative estimate of drug-likeness (QED) is 0.682. The van der Waals surface area contributed by atoms with Crippen LogP contribution in [-0.2, 0) is 26.2 Å². The lowest BCUT2D eigenvalue weighted by atomic mass is 9.95. The van der Waals surface area contributed by atoms with Crippen molar-refractivity contribution in [1.82, 2.24) is 15.2 Å². The van der Waals surface area contributed by atoms with Crippen LogP contribution in [0.3, 0.4) is 0 Å². The summed E-state index contributed by atoms with van der Waals surface area (Å²) in [6.45, 7) is 2.96. The number of piperidine rings is 1. The number of likely N-dealkylation sites (tertiary alicyclic amines) is 1. The lowest BCUT2D eigenvalue weighted by Crippen LogP contribution is -2.40. The summed E-state index contributed by atoms with van der Waals surface area (Å²) in [5, 5.41) is 12.6. The summed E-state index contributed by atoms with van der Waals surface area (Å²) in [6, 6.07) is 12.2. The van der Waals surface area contributed by atoms with Crippen LogP contribution in [0.5, 0.6) is 0 Å². The van der Waals surface area contributed by atoms with E-state index in [0.29, 0.717) is 26.1 Å². The third kappa shape index (κ3) is 2.84. The second-order valence-corrected chi connectivity index (χ2v) is 9.53. The predicted molar refractivity (Wildman–Crippen MR) is 121 cm³/mol. The molecule has 172 valence electrons. The fraction of sp³-hybridized carbons (Fsp3) is 0.400. The van der Waals surface area contributed by atoms with Gasteiger partial charge in [0, 0.05) is 43.6 Å². The molecule has 4 aliphatic rings. The van der Waals surface area contributed by atoms with Gasteiger partial charge in [-0.05, 0) is 35.7 Å². The largest absolute Gasteiger partial charge is 0.442 e. The van der Waals surface area contributed by atoms with Crippen molar-refractivity contribution in [2.45, 2.75) is 30.9 Å². The second kappa shape index (κ2) is 7.29. The molecular weight excluding hydrogens is 434 g/mol. The number of hydrogen-bond donors (Lipinski definition) is 1. The van der Waals surface area contributed by atoms with Crippen LogP contribution in [0.1, 0.15) is 18.2 Å². The van der Waals surface area contributed by atoms with Crippen LogP contribution in [0, 0.1) is 23.2 Å². The Balaban J connectivity index is 1.22. The maximum Gasteiger partial charge on any atom is 0.415 e. The van der Waals surface area contributed by atoms with Crippen LogP contribution < -0.4 is 10.2 Å². The van der Waals surface area contributed by atoms with E-state index in [9.17, 15) is 19.6 Å². The molecule has 3 aliphatic heterocycles. The molecule has 9 heteroatoms. The lowest BCUT2D eigenvalue weighted by molar-refractivity contribution is -0.119. The first-order valence-corrected chi connectivity index (χ1v) is 11.4. The molecule has 1 aliphatic carbocycles. The molecule has 5 atom stereocenters. The molecule has 1 N–H and O–H groups in total. The van der Waals surface area contributed by atoms with Crippen molar-refractivity contribution in [1.29, 1.82) is 5.26 Å². The van der Waals surface area contributed by atoms with E-state index in [0.717, 1.165) is 34.5 Å².